The van der Waals surface area contributed by atoms with Gasteiger partial charge in [0.2, 0.25) is 0 Å². The molecule has 0 unspecified atom stereocenters. The van der Waals surface area contributed by atoms with Gasteiger partial charge in [0.05, 0.1) is 32.5 Å². The molecule has 0 radical (unpaired) electrons. The van der Waals surface area contributed by atoms with Crippen LogP contribution in [0.2, 0.25) is 0 Å². The van der Waals surface area contributed by atoms with Crippen molar-refractivity contribution in [1.29, 1.82) is 0 Å². The molecule has 5 nitrogen and oxygen atoms in total. The molecule has 0 aliphatic heterocycles. The molecule has 114 valence electrons. The molecule has 21 heavy (non-hydrogen) atoms. The molecule has 0 amide bonds. The van der Waals surface area contributed by atoms with Gasteiger partial charge in [-0.1, -0.05) is 30.3 Å². The summed E-state index contributed by atoms with van der Waals surface area (Å²) in [5.74, 6) is 0.798. The highest BCUT2D eigenvalue weighted by Gasteiger charge is 2.27. The van der Waals surface area contributed by atoms with Crippen LogP contribution < -0.4 is 10.1 Å². The number of hydrogen-bond donors (Lipinski definition) is 4. The number of aliphatic hydroxyl groups is 3. The third-order valence-corrected chi connectivity index (χ3v) is 3.76. The molecule has 2 rings (SSSR count). The normalized spacial score (nSPS) is 11.8. The summed E-state index contributed by atoms with van der Waals surface area (Å²) in [6, 6.07) is 11.7. The second-order valence-electron chi connectivity index (χ2n) is 5.08. The SMILES string of the molecule is COc1ccc(CNC(CO)(CO)CO)c2ccccc12. The van der Waals surface area contributed by atoms with E-state index in [9.17, 15) is 15.3 Å². The van der Waals surface area contributed by atoms with Gasteiger partial charge in [-0.3, -0.25) is 0 Å². The molecule has 0 fully saturated rings. The highest BCUT2D eigenvalue weighted by Crippen LogP contribution is 2.28. The molecule has 4 N–H and O–H groups in total. The van der Waals surface area contributed by atoms with Gasteiger partial charge in [-0.25, -0.2) is 0 Å². The van der Waals surface area contributed by atoms with Gasteiger partial charge in [0, 0.05) is 11.9 Å². The predicted octanol–water partition coefficient (Wildman–Crippen LogP) is 0.654. The van der Waals surface area contributed by atoms with Crippen LogP contribution in [0.4, 0.5) is 0 Å². The zero-order valence-electron chi connectivity index (χ0n) is 12.0. The number of hydrogen-bond acceptors (Lipinski definition) is 5. The second-order valence-corrected chi connectivity index (χ2v) is 5.08. The molecule has 0 saturated carbocycles. The molecule has 0 saturated heterocycles. The minimum atomic E-state index is -1.08. The summed E-state index contributed by atoms with van der Waals surface area (Å²) in [7, 11) is 1.63. The van der Waals surface area contributed by atoms with Crippen molar-refractivity contribution in [2.75, 3.05) is 26.9 Å². The van der Waals surface area contributed by atoms with Crippen LogP contribution >= 0.6 is 0 Å². The highest BCUT2D eigenvalue weighted by atomic mass is 16.5. The summed E-state index contributed by atoms with van der Waals surface area (Å²) >= 11 is 0. The Bertz CT molecular complexity index is 588. The Hall–Kier alpha value is -1.66. The monoisotopic (exact) mass is 291 g/mol. The maximum absolute atomic E-state index is 9.35. The molecule has 0 spiro atoms. The number of methoxy groups -OCH3 is 1. The van der Waals surface area contributed by atoms with Crippen molar-refractivity contribution in [3.63, 3.8) is 0 Å². The summed E-state index contributed by atoms with van der Waals surface area (Å²) < 4.78 is 5.35. The lowest BCUT2D eigenvalue weighted by Gasteiger charge is -2.29. The average Bonchev–Trinajstić information content (AvgIpc) is 2.56. The Morgan fingerprint density at radius 2 is 1.57 bits per heavy atom. The molecule has 0 atom stereocenters. The molecular weight excluding hydrogens is 270 g/mol. The maximum atomic E-state index is 9.35. The van der Waals surface area contributed by atoms with Gasteiger partial charge in [-0.2, -0.15) is 0 Å². The molecule has 5 heteroatoms. The number of fused-ring (bicyclic) bond motifs is 1. The van der Waals surface area contributed by atoms with Crippen molar-refractivity contribution in [2.24, 2.45) is 0 Å². The van der Waals surface area contributed by atoms with Gasteiger partial charge in [-0.05, 0) is 17.0 Å². The van der Waals surface area contributed by atoms with E-state index in [1.807, 2.05) is 36.4 Å². The van der Waals surface area contributed by atoms with Crippen LogP contribution in [0.15, 0.2) is 36.4 Å². The van der Waals surface area contributed by atoms with Gasteiger partial charge in [0.15, 0.2) is 0 Å². The molecule has 0 heterocycles. The Balaban J connectivity index is 2.31. The summed E-state index contributed by atoms with van der Waals surface area (Å²) in [6.45, 7) is -0.595. The molecule has 2 aromatic carbocycles. The van der Waals surface area contributed by atoms with Crippen LogP contribution in [0, 0.1) is 0 Å². The fraction of sp³-hybridized carbons (Fsp3) is 0.375. The summed E-state index contributed by atoms with van der Waals surface area (Å²) in [5, 5.41) is 33.1. The first-order valence-electron chi connectivity index (χ1n) is 6.82. The van der Waals surface area contributed by atoms with Gasteiger partial charge in [0.1, 0.15) is 5.75 Å². The maximum Gasteiger partial charge on any atom is 0.126 e. The molecule has 0 bridgehead atoms. The van der Waals surface area contributed by atoms with Crippen LogP contribution in [0.25, 0.3) is 10.8 Å². The van der Waals surface area contributed by atoms with E-state index >= 15 is 0 Å². The quantitative estimate of drug-likeness (QED) is 0.602. The Morgan fingerprint density at radius 3 is 2.14 bits per heavy atom. The third kappa shape index (κ3) is 3.16. The Labute approximate surface area is 123 Å². The minimum Gasteiger partial charge on any atom is -0.496 e. The average molecular weight is 291 g/mol. The molecule has 2 aromatic rings. The zero-order chi connectivity index (χ0) is 15.3. The van der Waals surface area contributed by atoms with Crippen LogP contribution in [-0.4, -0.2) is 47.8 Å². The van der Waals surface area contributed by atoms with Crippen molar-refractivity contribution in [1.82, 2.24) is 5.32 Å². The first-order chi connectivity index (χ1) is 10.2. The largest absolute Gasteiger partial charge is 0.496 e. The highest BCUT2D eigenvalue weighted by molar-refractivity contribution is 5.91. The summed E-state index contributed by atoms with van der Waals surface area (Å²) in [4.78, 5) is 0. The number of rotatable bonds is 7. The summed E-state index contributed by atoms with van der Waals surface area (Å²) in [5.41, 5.74) is -0.0766. The predicted molar refractivity (Wildman–Crippen MR) is 81.3 cm³/mol. The van der Waals surface area contributed by atoms with Gasteiger partial charge >= 0.3 is 0 Å². The second kappa shape index (κ2) is 6.87. The van der Waals surface area contributed by atoms with Crippen molar-refractivity contribution in [3.8, 4) is 5.75 Å². The number of benzene rings is 2. The lowest BCUT2D eigenvalue weighted by atomic mass is 10.00. The van der Waals surface area contributed by atoms with Crippen molar-refractivity contribution >= 4 is 10.8 Å². The lowest BCUT2D eigenvalue weighted by molar-refractivity contribution is 0.0414. The lowest BCUT2D eigenvalue weighted by Crippen LogP contribution is -2.54. The fourth-order valence-electron chi connectivity index (χ4n) is 2.27. The molecular formula is C16H21NO4. The van der Waals surface area contributed by atoms with E-state index in [0.717, 1.165) is 22.1 Å². The van der Waals surface area contributed by atoms with Gasteiger partial charge in [-0.15, -0.1) is 0 Å². The van der Waals surface area contributed by atoms with Crippen LogP contribution in [-0.2, 0) is 6.54 Å². The van der Waals surface area contributed by atoms with E-state index in [4.69, 9.17) is 4.74 Å². The van der Waals surface area contributed by atoms with E-state index in [1.54, 1.807) is 7.11 Å². The first kappa shape index (κ1) is 15.7. The zero-order valence-corrected chi connectivity index (χ0v) is 12.0. The number of ether oxygens (including phenoxy) is 1. The molecule has 0 aromatic heterocycles. The van der Waals surface area contributed by atoms with E-state index in [-0.39, 0.29) is 19.8 Å². The number of nitrogens with one attached hydrogen (secondary N) is 1. The van der Waals surface area contributed by atoms with Crippen molar-refractivity contribution in [3.05, 3.63) is 42.0 Å². The van der Waals surface area contributed by atoms with Gasteiger partial charge < -0.3 is 25.4 Å². The van der Waals surface area contributed by atoms with E-state index < -0.39 is 5.54 Å². The van der Waals surface area contributed by atoms with Gasteiger partial charge in [0.25, 0.3) is 0 Å². The fourth-order valence-corrected chi connectivity index (χ4v) is 2.27. The molecule has 0 aliphatic rings. The van der Waals surface area contributed by atoms with Crippen molar-refractivity contribution < 1.29 is 20.1 Å². The van der Waals surface area contributed by atoms with Crippen molar-refractivity contribution in [2.45, 2.75) is 12.1 Å². The minimum absolute atomic E-state index is 0.339. The Morgan fingerprint density at radius 1 is 0.952 bits per heavy atom. The number of aliphatic hydroxyl groups excluding tert-OH is 3. The topological polar surface area (TPSA) is 82.0 Å². The van der Waals surface area contributed by atoms with E-state index in [2.05, 4.69) is 5.32 Å². The molecule has 0 aliphatic carbocycles. The van der Waals surface area contributed by atoms with Crippen LogP contribution in [0.1, 0.15) is 5.56 Å². The van der Waals surface area contributed by atoms with E-state index in [1.165, 1.54) is 0 Å². The first-order valence-corrected chi connectivity index (χ1v) is 6.82. The summed E-state index contributed by atoms with van der Waals surface area (Å²) in [6.07, 6.45) is 0. The van der Waals surface area contributed by atoms with Crippen LogP contribution in [0.3, 0.4) is 0 Å². The standard InChI is InChI=1S/C16H21NO4/c1-21-15-7-6-12(13-4-2-3-5-14(13)15)8-17-16(9-18,10-19)11-20/h2-7,17-20H,8-11H2,1H3. The van der Waals surface area contributed by atoms with Crippen LogP contribution in [0.5, 0.6) is 5.75 Å². The third-order valence-electron chi connectivity index (χ3n) is 3.76. The Kier molecular flexibility index (Phi) is 5.14. The smallest absolute Gasteiger partial charge is 0.126 e. The van der Waals surface area contributed by atoms with E-state index in [0.29, 0.717) is 6.54 Å².